The Kier molecular flexibility index (Phi) is 6.03. The van der Waals surface area contributed by atoms with Gasteiger partial charge >= 0.3 is 5.97 Å². The highest BCUT2D eigenvalue weighted by Crippen LogP contribution is 2.32. The molecular formula is C17H15N5O6S2. The maximum absolute atomic E-state index is 11.5. The van der Waals surface area contributed by atoms with Gasteiger partial charge in [0.15, 0.2) is 11.0 Å². The fourth-order valence-electron chi connectivity index (χ4n) is 2.57. The average Bonchev–Trinajstić information content (AvgIpc) is 3.14. The summed E-state index contributed by atoms with van der Waals surface area (Å²) in [4.78, 5) is 24.4. The van der Waals surface area contributed by atoms with E-state index in [2.05, 4.69) is 19.9 Å². The third-order valence-corrected chi connectivity index (χ3v) is 5.15. The average molecular weight is 449 g/mol. The lowest BCUT2D eigenvalue weighted by atomic mass is 10.0. The van der Waals surface area contributed by atoms with Crippen molar-refractivity contribution in [1.82, 2.24) is 15.2 Å². The summed E-state index contributed by atoms with van der Waals surface area (Å²) in [5, 5.41) is 28.2. The molecule has 0 saturated carbocycles. The number of aromatic nitrogens is 3. The van der Waals surface area contributed by atoms with Crippen LogP contribution in [0.2, 0.25) is 0 Å². The first-order chi connectivity index (χ1) is 14.1. The standard InChI is InChI=1S/C17H15N5O6S2/c1-30(27,28)21-13-4-2-3-10(6-13)11-5-12(8-14(7-11)22(25)26)16-18-17(20-19-16)29-9-15(23)24/h2-8,21H,9H2,1H3,(H,23,24)(H,18,19,20). The molecule has 0 bridgehead atoms. The zero-order valence-electron chi connectivity index (χ0n) is 15.4. The van der Waals surface area contributed by atoms with Crippen molar-refractivity contribution in [3.63, 3.8) is 0 Å². The Bertz CT molecular complexity index is 1220. The number of sulfonamides is 1. The van der Waals surface area contributed by atoms with Crippen molar-refractivity contribution in [2.24, 2.45) is 0 Å². The lowest BCUT2D eigenvalue weighted by Crippen LogP contribution is -2.09. The SMILES string of the molecule is CS(=O)(=O)Nc1cccc(-c2cc(-c3nnc(SCC(=O)O)[nH]3)cc([N+](=O)[O-])c2)c1. The molecule has 13 heteroatoms. The van der Waals surface area contributed by atoms with Gasteiger partial charge in [0.25, 0.3) is 5.69 Å². The van der Waals surface area contributed by atoms with Gasteiger partial charge < -0.3 is 10.1 Å². The molecule has 0 radical (unpaired) electrons. The monoisotopic (exact) mass is 449 g/mol. The highest BCUT2D eigenvalue weighted by atomic mass is 32.2. The molecular weight excluding hydrogens is 434 g/mol. The van der Waals surface area contributed by atoms with Crippen LogP contribution >= 0.6 is 11.8 Å². The minimum atomic E-state index is -3.48. The van der Waals surface area contributed by atoms with Crippen LogP contribution in [0.3, 0.4) is 0 Å². The van der Waals surface area contributed by atoms with Gasteiger partial charge in [-0.1, -0.05) is 23.9 Å². The lowest BCUT2D eigenvalue weighted by molar-refractivity contribution is -0.384. The van der Waals surface area contributed by atoms with E-state index in [4.69, 9.17) is 5.11 Å². The molecule has 0 spiro atoms. The highest BCUT2D eigenvalue weighted by Gasteiger charge is 2.16. The molecule has 156 valence electrons. The molecule has 0 unspecified atom stereocenters. The molecule has 30 heavy (non-hydrogen) atoms. The number of carbonyl (C=O) groups is 1. The number of H-pyrrole nitrogens is 1. The Balaban J connectivity index is 2.01. The topological polar surface area (TPSA) is 168 Å². The predicted octanol–water partition coefficient (Wildman–Crippen LogP) is 2.60. The molecule has 0 saturated heterocycles. The van der Waals surface area contributed by atoms with Crippen LogP contribution in [0.25, 0.3) is 22.5 Å². The first-order valence-corrected chi connectivity index (χ1v) is 11.1. The van der Waals surface area contributed by atoms with Gasteiger partial charge in [0.05, 0.1) is 16.9 Å². The fraction of sp³-hybridized carbons (Fsp3) is 0.118. The van der Waals surface area contributed by atoms with E-state index in [9.17, 15) is 23.3 Å². The third kappa shape index (κ3) is 5.55. The summed E-state index contributed by atoms with van der Waals surface area (Å²) in [7, 11) is -3.48. The van der Waals surface area contributed by atoms with Crippen LogP contribution in [0, 0.1) is 10.1 Å². The van der Waals surface area contributed by atoms with Crippen molar-refractivity contribution < 1.29 is 23.2 Å². The van der Waals surface area contributed by atoms with Crippen molar-refractivity contribution in [3.05, 3.63) is 52.6 Å². The first-order valence-electron chi connectivity index (χ1n) is 8.26. The molecule has 3 aromatic rings. The highest BCUT2D eigenvalue weighted by molar-refractivity contribution is 7.99. The Labute approximate surface area is 174 Å². The maximum Gasteiger partial charge on any atom is 0.313 e. The number of nitrogens with zero attached hydrogens (tertiary/aromatic N) is 3. The summed E-state index contributed by atoms with van der Waals surface area (Å²) < 4.78 is 25.3. The van der Waals surface area contributed by atoms with Gasteiger partial charge in [0, 0.05) is 23.4 Å². The number of benzene rings is 2. The van der Waals surface area contributed by atoms with Crippen LogP contribution in [-0.2, 0) is 14.8 Å². The van der Waals surface area contributed by atoms with Crippen LogP contribution in [-0.4, -0.2) is 51.6 Å². The number of hydrogen-bond donors (Lipinski definition) is 3. The molecule has 11 nitrogen and oxygen atoms in total. The minimum Gasteiger partial charge on any atom is -0.481 e. The van der Waals surface area contributed by atoms with E-state index in [1.807, 2.05) is 0 Å². The van der Waals surface area contributed by atoms with Gasteiger partial charge in [-0.15, -0.1) is 10.2 Å². The second-order valence-corrected chi connectivity index (χ2v) is 8.85. The number of non-ortho nitro benzene ring substituents is 1. The number of hydrogen-bond acceptors (Lipinski definition) is 8. The smallest absolute Gasteiger partial charge is 0.313 e. The van der Waals surface area contributed by atoms with Crippen molar-refractivity contribution in [2.75, 3.05) is 16.7 Å². The first kappa shape index (κ1) is 21.3. The summed E-state index contributed by atoms with van der Waals surface area (Å²) in [5.74, 6) is -0.994. The number of carboxylic acid groups (broad SMARTS) is 1. The van der Waals surface area contributed by atoms with E-state index >= 15 is 0 Å². The zero-order chi connectivity index (χ0) is 21.9. The molecule has 1 heterocycles. The number of thioether (sulfide) groups is 1. The Morgan fingerprint density at radius 3 is 2.60 bits per heavy atom. The number of nitro benzene ring substituents is 1. The van der Waals surface area contributed by atoms with Crippen LogP contribution in [0.4, 0.5) is 11.4 Å². The fourth-order valence-corrected chi connectivity index (χ4v) is 3.65. The molecule has 0 aliphatic rings. The molecule has 0 aliphatic carbocycles. The van der Waals surface area contributed by atoms with E-state index in [-0.39, 0.29) is 22.4 Å². The number of nitrogens with one attached hydrogen (secondary N) is 2. The van der Waals surface area contributed by atoms with Gasteiger partial charge in [-0.25, -0.2) is 8.42 Å². The Morgan fingerprint density at radius 1 is 1.20 bits per heavy atom. The van der Waals surface area contributed by atoms with Crippen molar-refractivity contribution in [3.8, 4) is 22.5 Å². The number of rotatable bonds is 8. The van der Waals surface area contributed by atoms with E-state index in [1.54, 1.807) is 30.3 Å². The summed E-state index contributed by atoms with van der Waals surface area (Å²) in [6, 6.07) is 10.7. The molecule has 2 aromatic carbocycles. The Morgan fingerprint density at radius 2 is 1.93 bits per heavy atom. The molecule has 0 aliphatic heterocycles. The van der Waals surface area contributed by atoms with E-state index in [0.717, 1.165) is 18.0 Å². The molecule has 0 fully saturated rings. The van der Waals surface area contributed by atoms with E-state index < -0.39 is 20.9 Å². The second kappa shape index (κ2) is 8.51. The Hall–Kier alpha value is -3.45. The molecule has 0 amide bonds. The summed E-state index contributed by atoms with van der Waals surface area (Å²) in [5.41, 5.74) is 1.51. The van der Waals surface area contributed by atoms with Gasteiger partial charge in [-0.05, 0) is 29.3 Å². The van der Waals surface area contributed by atoms with Gasteiger partial charge in [0.2, 0.25) is 10.0 Å². The lowest BCUT2D eigenvalue weighted by Gasteiger charge is -2.08. The van der Waals surface area contributed by atoms with Crippen molar-refractivity contribution in [2.45, 2.75) is 5.16 Å². The number of anilines is 1. The number of aliphatic carboxylic acids is 1. The number of carboxylic acids is 1. The van der Waals surface area contributed by atoms with Crippen molar-refractivity contribution in [1.29, 1.82) is 0 Å². The number of aromatic amines is 1. The van der Waals surface area contributed by atoms with Crippen molar-refractivity contribution >= 4 is 39.1 Å². The second-order valence-electron chi connectivity index (χ2n) is 6.14. The summed E-state index contributed by atoms with van der Waals surface area (Å²) in [6.07, 6.45) is 1.02. The minimum absolute atomic E-state index is 0.194. The predicted molar refractivity (Wildman–Crippen MR) is 111 cm³/mol. The van der Waals surface area contributed by atoms with Crippen LogP contribution in [0.5, 0.6) is 0 Å². The maximum atomic E-state index is 11.5. The van der Waals surface area contributed by atoms with Gasteiger partial charge in [-0.3, -0.25) is 19.6 Å². The number of nitro groups is 1. The summed E-state index contributed by atoms with van der Waals surface area (Å²) >= 11 is 0.935. The quantitative estimate of drug-likeness (QED) is 0.266. The van der Waals surface area contributed by atoms with Crippen LogP contribution in [0.1, 0.15) is 0 Å². The van der Waals surface area contributed by atoms with E-state index in [1.165, 1.54) is 12.1 Å². The van der Waals surface area contributed by atoms with Gasteiger partial charge in [-0.2, -0.15) is 0 Å². The molecule has 3 N–H and O–H groups in total. The normalized spacial score (nSPS) is 11.2. The molecule has 3 rings (SSSR count). The third-order valence-electron chi connectivity index (χ3n) is 3.70. The molecule has 1 aromatic heterocycles. The van der Waals surface area contributed by atoms with E-state index in [0.29, 0.717) is 22.4 Å². The summed E-state index contributed by atoms with van der Waals surface area (Å²) in [6.45, 7) is 0. The van der Waals surface area contributed by atoms with Crippen LogP contribution in [0.15, 0.2) is 47.6 Å². The zero-order valence-corrected chi connectivity index (χ0v) is 17.0. The largest absolute Gasteiger partial charge is 0.481 e. The molecule has 0 atom stereocenters. The van der Waals surface area contributed by atoms with Crippen LogP contribution < -0.4 is 4.72 Å². The van der Waals surface area contributed by atoms with Gasteiger partial charge in [0.1, 0.15) is 0 Å².